The Balaban J connectivity index is 1.89. The van der Waals surface area contributed by atoms with Crippen molar-refractivity contribution in [2.45, 2.75) is 65.1 Å². The van der Waals surface area contributed by atoms with E-state index >= 15 is 0 Å². The number of unbranched alkanes of at least 4 members (excludes halogenated alkanes) is 1. The van der Waals surface area contributed by atoms with Crippen molar-refractivity contribution >= 4 is 5.91 Å². The summed E-state index contributed by atoms with van der Waals surface area (Å²) in [5, 5.41) is 3.66. The topological polar surface area (TPSA) is 32.3 Å². The highest BCUT2D eigenvalue weighted by Crippen LogP contribution is 2.41. The van der Waals surface area contributed by atoms with Crippen molar-refractivity contribution in [2.75, 3.05) is 6.54 Å². The molecule has 3 heteroatoms. The van der Waals surface area contributed by atoms with Crippen LogP contribution in [0.3, 0.4) is 0 Å². The quantitative estimate of drug-likeness (QED) is 0.819. The molecule has 2 aliphatic rings. The van der Waals surface area contributed by atoms with Crippen LogP contribution >= 0.6 is 0 Å². The van der Waals surface area contributed by atoms with Gasteiger partial charge in [-0.25, -0.2) is 0 Å². The second kappa shape index (κ2) is 7.04. The maximum absolute atomic E-state index is 13.1. The van der Waals surface area contributed by atoms with E-state index in [9.17, 15) is 4.79 Å². The second-order valence-corrected chi connectivity index (χ2v) is 7.34. The van der Waals surface area contributed by atoms with Crippen LogP contribution in [-0.4, -0.2) is 23.4 Å². The predicted octanol–water partition coefficient (Wildman–Crippen LogP) is 4.36. The number of fused-ring (bicyclic) bond motifs is 1. The molecule has 1 heterocycles. The van der Waals surface area contributed by atoms with Crippen molar-refractivity contribution in [3.63, 3.8) is 0 Å². The van der Waals surface area contributed by atoms with Crippen LogP contribution in [0, 0.1) is 11.8 Å². The van der Waals surface area contributed by atoms with E-state index in [1.165, 1.54) is 24.8 Å². The Hall–Kier alpha value is -1.35. The summed E-state index contributed by atoms with van der Waals surface area (Å²) in [6.07, 6.45) is 6.04. The fraction of sp³-hybridized carbons (Fsp3) is 0.650. The molecular formula is C20H30N2O. The lowest BCUT2D eigenvalue weighted by atomic mass is 9.77. The first kappa shape index (κ1) is 16.5. The number of hydrogen-bond donors (Lipinski definition) is 1. The highest BCUT2D eigenvalue weighted by molar-refractivity contribution is 5.99. The highest BCUT2D eigenvalue weighted by atomic mass is 16.2. The Morgan fingerprint density at radius 3 is 2.78 bits per heavy atom. The third-order valence-corrected chi connectivity index (χ3v) is 5.89. The van der Waals surface area contributed by atoms with Gasteiger partial charge in [0.05, 0.1) is 0 Å². The zero-order valence-corrected chi connectivity index (χ0v) is 14.7. The van der Waals surface area contributed by atoms with E-state index in [1.54, 1.807) is 0 Å². The molecule has 4 atom stereocenters. The zero-order valence-electron chi connectivity index (χ0n) is 14.7. The van der Waals surface area contributed by atoms with Crippen LogP contribution in [0.2, 0.25) is 0 Å². The molecule has 0 spiro atoms. The predicted molar refractivity (Wildman–Crippen MR) is 94.2 cm³/mol. The number of benzene rings is 1. The smallest absolute Gasteiger partial charge is 0.256 e. The second-order valence-electron chi connectivity index (χ2n) is 7.34. The molecule has 1 aromatic carbocycles. The summed E-state index contributed by atoms with van der Waals surface area (Å²) < 4.78 is 0. The lowest BCUT2D eigenvalue weighted by molar-refractivity contribution is 0.0321. The van der Waals surface area contributed by atoms with Gasteiger partial charge >= 0.3 is 0 Å². The average molecular weight is 314 g/mol. The number of amides is 1. The molecule has 23 heavy (non-hydrogen) atoms. The van der Waals surface area contributed by atoms with E-state index < -0.39 is 0 Å². The molecule has 0 aromatic heterocycles. The SMILES string of the molecule is CCCCN[C@@H]1c2ccccc2C(=O)N1[C@@H]1CCC[C@H](C)[C@@H]1C. The molecule has 3 rings (SSSR count). The first-order valence-electron chi connectivity index (χ1n) is 9.30. The number of carbonyl (C=O) groups is 1. The minimum Gasteiger partial charge on any atom is -0.316 e. The molecule has 1 aliphatic carbocycles. The lowest BCUT2D eigenvalue weighted by Crippen LogP contribution is -2.49. The van der Waals surface area contributed by atoms with Gasteiger partial charge in [-0.2, -0.15) is 0 Å². The molecule has 1 N–H and O–H groups in total. The van der Waals surface area contributed by atoms with Gasteiger partial charge in [0.1, 0.15) is 6.17 Å². The first-order chi connectivity index (χ1) is 11.1. The van der Waals surface area contributed by atoms with Crippen molar-refractivity contribution in [3.8, 4) is 0 Å². The molecule has 0 radical (unpaired) electrons. The molecule has 1 saturated carbocycles. The molecule has 1 fully saturated rings. The minimum absolute atomic E-state index is 0.0583. The van der Waals surface area contributed by atoms with Crippen LogP contribution in [0.5, 0.6) is 0 Å². The minimum atomic E-state index is 0.0583. The summed E-state index contributed by atoms with van der Waals surface area (Å²) in [7, 11) is 0. The van der Waals surface area contributed by atoms with E-state index in [-0.39, 0.29) is 12.1 Å². The molecule has 1 aromatic rings. The maximum Gasteiger partial charge on any atom is 0.256 e. The Kier molecular flexibility index (Phi) is 5.05. The van der Waals surface area contributed by atoms with Gasteiger partial charge in [0.25, 0.3) is 5.91 Å². The summed E-state index contributed by atoms with van der Waals surface area (Å²) in [6, 6.07) is 8.50. The largest absolute Gasteiger partial charge is 0.316 e. The van der Waals surface area contributed by atoms with E-state index in [0.29, 0.717) is 17.9 Å². The summed E-state index contributed by atoms with van der Waals surface area (Å²) >= 11 is 0. The van der Waals surface area contributed by atoms with E-state index in [1.807, 2.05) is 12.1 Å². The van der Waals surface area contributed by atoms with E-state index in [0.717, 1.165) is 24.9 Å². The summed E-state index contributed by atoms with van der Waals surface area (Å²) in [5.74, 6) is 1.49. The maximum atomic E-state index is 13.1. The van der Waals surface area contributed by atoms with Gasteiger partial charge in [-0.05, 0) is 37.3 Å². The van der Waals surface area contributed by atoms with Crippen LogP contribution < -0.4 is 5.32 Å². The number of hydrogen-bond acceptors (Lipinski definition) is 2. The highest BCUT2D eigenvalue weighted by Gasteiger charge is 2.43. The fourth-order valence-electron chi connectivity index (χ4n) is 4.25. The van der Waals surface area contributed by atoms with E-state index in [2.05, 4.69) is 43.1 Å². The summed E-state index contributed by atoms with van der Waals surface area (Å²) in [6.45, 7) is 7.84. The van der Waals surface area contributed by atoms with E-state index in [4.69, 9.17) is 0 Å². The Morgan fingerprint density at radius 1 is 1.22 bits per heavy atom. The van der Waals surface area contributed by atoms with Gasteiger partial charge in [0.15, 0.2) is 0 Å². The normalized spacial score (nSPS) is 30.6. The summed E-state index contributed by atoms with van der Waals surface area (Å²) in [4.78, 5) is 15.2. The van der Waals surface area contributed by atoms with Crippen molar-refractivity contribution in [1.82, 2.24) is 10.2 Å². The van der Waals surface area contributed by atoms with Crippen molar-refractivity contribution in [2.24, 2.45) is 11.8 Å². The van der Waals surface area contributed by atoms with Crippen LogP contribution in [0.1, 0.15) is 75.0 Å². The average Bonchev–Trinajstić information content (AvgIpc) is 2.84. The lowest BCUT2D eigenvalue weighted by Gasteiger charge is -2.42. The molecule has 1 aliphatic heterocycles. The van der Waals surface area contributed by atoms with Gasteiger partial charge in [-0.15, -0.1) is 0 Å². The third-order valence-electron chi connectivity index (χ3n) is 5.89. The molecule has 0 bridgehead atoms. The molecule has 0 unspecified atom stereocenters. The molecule has 0 saturated heterocycles. The van der Waals surface area contributed by atoms with Gasteiger partial charge in [0.2, 0.25) is 0 Å². The Labute approximate surface area is 140 Å². The molecule has 126 valence electrons. The van der Waals surface area contributed by atoms with Crippen molar-refractivity contribution < 1.29 is 4.79 Å². The standard InChI is InChI=1S/C20H30N2O/c1-4-5-13-21-19-16-10-6-7-11-17(16)20(23)22(19)18-12-8-9-14(2)15(18)3/h6-7,10-11,14-15,18-19,21H,4-5,8-9,12-13H2,1-3H3/t14-,15-,18+,19-/m0/s1. The van der Waals surface area contributed by atoms with Gasteiger partial charge in [-0.3, -0.25) is 10.1 Å². The molecule has 3 nitrogen and oxygen atoms in total. The fourth-order valence-corrected chi connectivity index (χ4v) is 4.25. The van der Waals surface area contributed by atoms with Crippen LogP contribution in [0.15, 0.2) is 24.3 Å². The van der Waals surface area contributed by atoms with Crippen molar-refractivity contribution in [3.05, 3.63) is 35.4 Å². The van der Waals surface area contributed by atoms with Crippen LogP contribution in [0.25, 0.3) is 0 Å². The van der Waals surface area contributed by atoms with Gasteiger partial charge in [-0.1, -0.05) is 58.2 Å². The summed E-state index contributed by atoms with van der Waals surface area (Å²) in [5.41, 5.74) is 2.06. The van der Waals surface area contributed by atoms with Crippen LogP contribution in [0.4, 0.5) is 0 Å². The first-order valence-corrected chi connectivity index (χ1v) is 9.30. The number of carbonyl (C=O) groups excluding carboxylic acids is 1. The van der Waals surface area contributed by atoms with Crippen molar-refractivity contribution in [1.29, 1.82) is 0 Å². The Morgan fingerprint density at radius 2 is 2.00 bits per heavy atom. The number of nitrogens with zero attached hydrogens (tertiary/aromatic N) is 1. The Bertz CT molecular complexity index is 556. The third kappa shape index (κ3) is 3.03. The zero-order chi connectivity index (χ0) is 16.4. The number of rotatable bonds is 5. The van der Waals surface area contributed by atoms with Gasteiger partial charge < -0.3 is 4.90 Å². The molecular weight excluding hydrogens is 284 g/mol. The van der Waals surface area contributed by atoms with Gasteiger partial charge in [0, 0.05) is 17.2 Å². The number of nitrogens with one attached hydrogen (secondary N) is 1. The van der Waals surface area contributed by atoms with Crippen LogP contribution in [-0.2, 0) is 0 Å². The monoisotopic (exact) mass is 314 g/mol. The molecule has 1 amide bonds.